The molecule has 0 fully saturated rings. The van der Waals surface area contributed by atoms with Gasteiger partial charge in [0.2, 0.25) is 0 Å². The Balaban J connectivity index is 1.57. The third kappa shape index (κ3) is 2.69. The van der Waals surface area contributed by atoms with Crippen LogP contribution in [0.2, 0.25) is 0 Å². The maximum absolute atomic E-state index is 12.7. The zero-order chi connectivity index (χ0) is 19.1. The first-order valence-corrected chi connectivity index (χ1v) is 10.2. The first kappa shape index (κ1) is 17.0. The molecule has 2 heterocycles. The summed E-state index contributed by atoms with van der Waals surface area (Å²) in [5.41, 5.74) is 5.63. The van der Waals surface area contributed by atoms with Crippen LogP contribution in [0.25, 0.3) is 5.57 Å². The van der Waals surface area contributed by atoms with Crippen molar-refractivity contribution in [2.24, 2.45) is 0 Å². The van der Waals surface area contributed by atoms with Gasteiger partial charge in [-0.3, -0.25) is 14.5 Å². The van der Waals surface area contributed by atoms with Crippen LogP contribution in [-0.2, 0) is 5.75 Å². The number of fused-ring (bicyclic) bond motifs is 3. The summed E-state index contributed by atoms with van der Waals surface area (Å²) in [6.07, 6.45) is 2.02. The highest BCUT2D eigenvalue weighted by molar-refractivity contribution is 7.98. The molecule has 2 aliphatic heterocycles. The number of hydrogen-bond donors (Lipinski definition) is 0. The monoisotopic (exact) mass is 383 g/mol. The summed E-state index contributed by atoms with van der Waals surface area (Å²) in [5.74, 6) is 0.460. The lowest BCUT2D eigenvalue weighted by atomic mass is 9.94. The minimum absolute atomic E-state index is 0.220. The summed E-state index contributed by atoms with van der Waals surface area (Å²) in [6.45, 7) is 0.259. The largest absolute Gasteiger partial charge is 0.270 e. The Hall–Kier alpha value is -3.11. The van der Waals surface area contributed by atoms with E-state index in [2.05, 4.69) is 30.3 Å². The number of nitrogens with zero attached hydrogens (tertiary/aromatic N) is 1. The van der Waals surface area contributed by atoms with Gasteiger partial charge in [-0.05, 0) is 40.5 Å². The van der Waals surface area contributed by atoms with E-state index in [4.69, 9.17) is 0 Å². The minimum atomic E-state index is -0.220. The summed E-state index contributed by atoms with van der Waals surface area (Å²) in [6, 6.07) is 23.7. The van der Waals surface area contributed by atoms with E-state index < -0.39 is 0 Å². The fraction of sp³-hybridized carbons (Fsp3) is 0.0833. The Morgan fingerprint density at radius 2 is 1.32 bits per heavy atom. The fourth-order valence-electron chi connectivity index (χ4n) is 3.83. The molecule has 28 heavy (non-hydrogen) atoms. The van der Waals surface area contributed by atoms with Crippen LogP contribution in [0.4, 0.5) is 0 Å². The number of benzene rings is 3. The van der Waals surface area contributed by atoms with Crippen molar-refractivity contribution in [1.82, 2.24) is 4.90 Å². The van der Waals surface area contributed by atoms with Crippen LogP contribution >= 0.6 is 11.8 Å². The second-order valence-electron chi connectivity index (χ2n) is 6.83. The molecule has 5 rings (SSSR count). The molecule has 0 saturated carbocycles. The average Bonchev–Trinajstić information content (AvgIpc) is 2.88. The second-order valence-corrected chi connectivity index (χ2v) is 7.84. The molecule has 4 heteroatoms. The van der Waals surface area contributed by atoms with Crippen molar-refractivity contribution in [2.45, 2.75) is 10.6 Å². The molecule has 3 aromatic rings. The van der Waals surface area contributed by atoms with Gasteiger partial charge in [0, 0.05) is 17.2 Å². The minimum Gasteiger partial charge on any atom is -0.270 e. The Labute approximate surface area is 167 Å². The predicted octanol–water partition coefficient (Wildman–Crippen LogP) is 5.02. The lowest BCUT2D eigenvalue weighted by Crippen LogP contribution is -2.30. The van der Waals surface area contributed by atoms with Gasteiger partial charge in [0.05, 0.1) is 11.1 Å². The average molecular weight is 383 g/mol. The van der Waals surface area contributed by atoms with Crippen LogP contribution in [-0.4, -0.2) is 23.3 Å². The van der Waals surface area contributed by atoms with Gasteiger partial charge in [-0.25, -0.2) is 0 Å². The van der Waals surface area contributed by atoms with Crippen LogP contribution in [0, 0.1) is 0 Å². The summed E-state index contributed by atoms with van der Waals surface area (Å²) in [5, 5.41) is 0. The van der Waals surface area contributed by atoms with Gasteiger partial charge in [-0.1, -0.05) is 60.7 Å². The van der Waals surface area contributed by atoms with Gasteiger partial charge in [-0.15, -0.1) is 11.8 Å². The highest BCUT2D eigenvalue weighted by Crippen LogP contribution is 2.40. The lowest BCUT2D eigenvalue weighted by molar-refractivity contribution is 0.0672. The number of amides is 2. The van der Waals surface area contributed by atoms with Crippen molar-refractivity contribution in [2.75, 3.05) is 6.54 Å². The molecule has 0 unspecified atom stereocenters. The van der Waals surface area contributed by atoms with Crippen molar-refractivity contribution in [3.8, 4) is 0 Å². The van der Waals surface area contributed by atoms with E-state index in [1.165, 1.54) is 15.4 Å². The van der Waals surface area contributed by atoms with E-state index in [1.807, 2.05) is 36.0 Å². The van der Waals surface area contributed by atoms with E-state index in [0.717, 1.165) is 22.5 Å². The van der Waals surface area contributed by atoms with E-state index in [1.54, 1.807) is 24.3 Å². The Bertz CT molecular complexity index is 1060. The predicted molar refractivity (Wildman–Crippen MR) is 111 cm³/mol. The summed E-state index contributed by atoms with van der Waals surface area (Å²) < 4.78 is 0. The third-order valence-electron chi connectivity index (χ3n) is 5.22. The van der Waals surface area contributed by atoms with E-state index in [0.29, 0.717) is 11.1 Å². The summed E-state index contributed by atoms with van der Waals surface area (Å²) in [4.78, 5) is 28.0. The molecule has 0 aromatic heterocycles. The quantitative estimate of drug-likeness (QED) is 0.583. The standard InChI is InChI=1S/C24H17NO2S/c26-23-20-10-3-4-11-21(20)24(27)25(23)14-13-18-17-8-2-1-7-16(17)15-28-22-12-6-5-9-19(18)22/h1-13H,14-15H2. The van der Waals surface area contributed by atoms with Crippen LogP contribution < -0.4 is 0 Å². The molecule has 0 N–H and O–H groups in total. The molecule has 136 valence electrons. The number of carbonyl (C=O) groups excluding carboxylic acids is 2. The van der Waals surface area contributed by atoms with Gasteiger partial charge in [-0.2, -0.15) is 0 Å². The van der Waals surface area contributed by atoms with Crippen LogP contribution in [0.3, 0.4) is 0 Å². The number of carbonyl (C=O) groups is 2. The molecule has 3 nitrogen and oxygen atoms in total. The first-order valence-electron chi connectivity index (χ1n) is 9.20. The molecular formula is C24H17NO2S. The number of rotatable bonds is 2. The number of thioether (sulfide) groups is 1. The van der Waals surface area contributed by atoms with Crippen molar-refractivity contribution in [3.05, 3.63) is 107 Å². The summed E-state index contributed by atoms with van der Waals surface area (Å²) >= 11 is 1.82. The Morgan fingerprint density at radius 1 is 0.750 bits per heavy atom. The van der Waals surface area contributed by atoms with E-state index in [-0.39, 0.29) is 18.4 Å². The molecule has 0 spiro atoms. The number of hydrogen-bond acceptors (Lipinski definition) is 3. The van der Waals surface area contributed by atoms with Gasteiger partial charge >= 0.3 is 0 Å². The SMILES string of the molecule is O=C1c2ccccc2C(=O)N1CC=C1c2ccccc2CSc2ccccc21. The Kier molecular flexibility index (Phi) is 4.14. The molecular weight excluding hydrogens is 366 g/mol. The number of imide groups is 1. The molecule has 0 bridgehead atoms. The molecule has 3 aromatic carbocycles. The van der Waals surface area contributed by atoms with Gasteiger partial charge in [0.25, 0.3) is 11.8 Å². The van der Waals surface area contributed by atoms with Crippen molar-refractivity contribution in [1.29, 1.82) is 0 Å². The zero-order valence-electron chi connectivity index (χ0n) is 15.1. The van der Waals surface area contributed by atoms with Crippen LogP contribution in [0.15, 0.2) is 83.8 Å². The van der Waals surface area contributed by atoms with E-state index >= 15 is 0 Å². The van der Waals surface area contributed by atoms with Gasteiger partial charge in [0.15, 0.2) is 0 Å². The molecule has 0 aliphatic carbocycles. The molecule has 2 aliphatic rings. The topological polar surface area (TPSA) is 37.4 Å². The van der Waals surface area contributed by atoms with E-state index in [9.17, 15) is 9.59 Å². The highest BCUT2D eigenvalue weighted by atomic mass is 32.2. The first-order chi connectivity index (χ1) is 13.7. The van der Waals surface area contributed by atoms with Crippen molar-refractivity contribution >= 4 is 29.1 Å². The van der Waals surface area contributed by atoms with Crippen molar-refractivity contribution < 1.29 is 9.59 Å². The van der Waals surface area contributed by atoms with Gasteiger partial charge < -0.3 is 0 Å². The fourth-order valence-corrected chi connectivity index (χ4v) is 4.90. The molecule has 0 atom stereocenters. The summed E-state index contributed by atoms with van der Waals surface area (Å²) in [7, 11) is 0. The highest BCUT2D eigenvalue weighted by Gasteiger charge is 2.34. The third-order valence-corrected chi connectivity index (χ3v) is 6.35. The maximum atomic E-state index is 12.7. The zero-order valence-corrected chi connectivity index (χ0v) is 15.9. The van der Waals surface area contributed by atoms with Gasteiger partial charge in [0.1, 0.15) is 0 Å². The molecule has 0 saturated heterocycles. The molecule has 0 radical (unpaired) electrons. The van der Waals surface area contributed by atoms with Crippen LogP contribution in [0.5, 0.6) is 0 Å². The Morgan fingerprint density at radius 3 is 2.04 bits per heavy atom. The lowest BCUT2D eigenvalue weighted by Gasteiger charge is -2.15. The molecule has 2 amide bonds. The normalized spacial score (nSPS) is 16.6. The maximum Gasteiger partial charge on any atom is 0.261 e. The second kappa shape index (κ2) is 6.80. The van der Waals surface area contributed by atoms with Crippen LogP contribution in [0.1, 0.15) is 37.4 Å². The van der Waals surface area contributed by atoms with Crippen molar-refractivity contribution in [3.63, 3.8) is 0 Å². The smallest absolute Gasteiger partial charge is 0.261 e.